The van der Waals surface area contributed by atoms with Gasteiger partial charge in [-0.15, -0.1) is 0 Å². The van der Waals surface area contributed by atoms with Crippen molar-refractivity contribution in [2.24, 2.45) is 5.73 Å². The summed E-state index contributed by atoms with van der Waals surface area (Å²) >= 11 is 0. The smallest absolute Gasteiger partial charge is 0.132 e. The molecule has 0 bridgehead atoms. The SMILES string of the molecule is NCC(O)c1cc(N2CCCC2)ncn1. The van der Waals surface area contributed by atoms with Crippen molar-refractivity contribution in [3.05, 3.63) is 18.1 Å². The first-order chi connectivity index (χ1) is 7.31. The Kier molecular flexibility index (Phi) is 3.13. The van der Waals surface area contributed by atoms with Crippen LogP contribution in [0.25, 0.3) is 0 Å². The summed E-state index contributed by atoms with van der Waals surface area (Å²) in [4.78, 5) is 10.4. The molecular formula is C10H16N4O. The van der Waals surface area contributed by atoms with Gasteiger partial charge in [0.15, 0.2) is 0 Å². The van der Waals surface area contributed by atoms with Crippen LogP contribution in [0.2, 0.25) is 0 Å². The van der Waals surface area contributed by atoms with Gasteiger partial charge in [-0.05, 0) is 12.8 Å². The minimum absolute atomic E-state index is 0.191. The van der Waals surface area contributed by atoms with Crippen molar-refractivity contribution in [2.45, 2.75) is 18.9 Å². The molecule has 0 spiro atoms. The Labute approximate surface area is 88.9 Å². The van der Waals surface area contributed by atoms with Gasteiger partial charge in [0.05, 0.1) is 5.69 Å². The molecule has 1 aromatic heterocycles. The number of nitrogens with zero attached hydrogens (tertiary/aromatic N) is 3. The van der Waals surface area contributed by atoms with Crippen LogP contribution in [0.1, 0.15) is 24.6 Å². The van der Waals surface area contributed by atoms with E-state index in [9.17, 15) is 5.11 Å². The average Bonchev–Trinajstić information content (AvgIpc) is 2.82. The number of rotatable bonds is 3. The first kappa shape index (κ1) is 10.3. The number of nitrogens with two attached hydrogens (primary N) is 1. The molecule has 1 unspecified atom stereocenters. The molecule has 1 aliphatic heterocycles. The van der Waals surface area contributed by atoms with Gasteiger partial charge in [0, 0.05) is 25.7 Å². The molecule has 5 heteroatoms. The number of aromatic nitrogens is 2. The molecule has 2 heterocycles. The lowest BCUT2D eigenvalue weighted by atomic mass is 10.2. The van der Waals surface area contributed by atoms with E-state index < -0.39 is 6.10 Å². The van der Waals surface area contributed by atoms with Crippen LogP contribution < -0.4 is 10.6 Å². The summed E-state index contributed by atoms with van der Waals surface area (Å²) in [6.45, 7) is 2.26. The maximum Gasteiger partial charge on any atom is 0.132 e. The predicted molar refractivity (Wildman–Crippen MR) is 57.5 cm³/mol. The van der Waals surface area contributed by atoms with E-state index in [4.69, 9.17) is 5.73 Å². The van der Waals surface area contributed by atoms with Crippen LogP contribution in [0.4, 0.5) is 5.82 Å². The molecule has 15 heavy (non-hydrogen) atoms. The van der Waals surface area contributed by atoms with Gasteiger partial charge in [0.25, 0.3) is 0 Å². The van der Waals surface area contributed by atoms with Crippen LogP contribution in [0.3, 0.4) is 0 Å². The van der Waals surface area contributed by atoms with Crippen LogP contribution in [0.5, 0.6) is 0 Å². The second-order valence-corrected chi connectivity index (χ2v) is 3.75. The topological polar surface area (TPSA) is 75.3 Å². The molecule has 2 rings (SSSR count). The number of aliphatic hydroxyl groups excluding tert-OH is 1. The van der Waals surface area contributed by atoms with E-state index in [1.165, 1.54) is 19.2 Å². The largest absolute Gasteiger partial charge is 0.385 e. The Bertz CT molecular complexity index is 325. The quantitative estimate of drug-likeness (QED) is 0.735. The molecule has 82 valence electrons. The maximum atomic E-state index is 9.56. The fourth-order valence-corrected chi connectivity index (χ4v) is 1.78. The highest BCUT2D eigenvalue weighted by atomic mass is 16.3. The Morgan fingerprint density at radius 3 is 2.80 bits per heavy atom. The van der Waals surface area contributed by atoms with Crippen molar-refractivity contribution < 1.29 is 5.11 Å². The molecule has 0 aromatic carbocycles. The average molecular weight is 208 g/mol. The van der Waals surface area contributed by atoms with Crippen LogP contribution in [-0.4, -0.2) is 34.7 Å². The molecule has 1 atom stereocenters. The van der Waals surface area contributed by atoms with Crippen LogP contribution >= 0.6 is 0 Å². The third-order valence-electron chi connectivity index (χ3n) is 2.67. The summed E-state index contributed by atoms with van der Waals surface area (Å²) in [5.74, 6) is 0.894. The zero-order chi connectivity index (χ0) is 10.7. The summed E-state index contributed by atoms with van der Waals surface area (Å²) in [6.07, 6.45) is 3.22. The second kappa shape index (κ2) is 4.55. The minimum atomic E-state index is -0.686. The predicted octanol–water partition coefficient (Wildman–Crippen LogP) is 0.0689. The van der Waals surface area contributed by atoms with E-state index in [2.05, 4.69) is 14.9 Å². The Hall–Kier alpha value is -1.20. The van der Waals surface area contributed by atoms with Crippen molar-refractivity contribution in [1.82, 2.24) is 9.97 Å². The van der Waals surface area contributed by atoms with E-state index in [0.29, 0.717) is 5.69 Å². The van der Waals surface area contributed by atoms with E-state index in [0.717, 1.165) is 18.9 Å². The maximum absolute atomic E-state index is 9.56. The first-order valence-electron chi connectivity index (χ1n) is 5.26. The van der Waals surface area contributed by atoms with Gasteiger partial charge in [-0.1, -0.05) is 0 Å². The number of hydrogen-bond donors (Lipinski definition) is 2. The summed E-state index contributed by atoms with van der Waals surface area (Å²) < 4.78 is 0. The fourth-order valence-electron chi connectivity index (χ4n) is 1.78. The Morgan fingerprint density at radius 2 is 2.13 bits per heavy atom. The Morgan fingerprint density at radius 1 is 1.40 bits per heavy atom. The Balaban J connectivity index is 2.18. The van der Waals surface area contributed by atoms with Crippen molar-refractivity contribution in [3.63, 3.8) is 0 Å². The lowest BCUT2D eigenvalue weighted by molar-refractivity contribution is 0.181. The highest BCUT2D eigenvalue weighted by molar-refractivity contribution is 5.40. The van der Waals surface area contributed by atoms with Gasteiger partial charge < -0.3 is 15.7 Å². The van der Waals surface area contributed by atoms with Crippen molar-refractivity contribution in [1.29, 1.82) is 0 Å². The van der Waals surface area contributed by atoms with E-state index in [-0.39, 0.29) is 6.54 Å². The number of hydrogen-bond acceptors (Lipinski definition) is 5. The summed E-state index contributed by atoms with van der Waals surface area (Å²) in [5, 5.41) is 9.56. The molecule has 3 N–H and O–H groups in total. The van der Waals surface area contributed by atoms with E-state index in [1.807, 2.05) is 6.07 Å². The molecule has 0 amide bonds. The zero-order valence-corrected chi connectivity index (χ0v) is 8.63. The van der Waals surface area contributed by atoms with Crippen molar-refractivity contribution in [3.8, 4) is 0 Å². The van der Waals surface area contributed by atoms with Crippen LogP contribution in [0.15, 0.2) is 12.4 Å². The zero-order valence-electron chi connectivity index (χ0n) is 8.63. The molecule has 0 radical (unpaired) electrons. The van der Waals surface area contributed by atoms with Gasteiger partial charge in [-0.3, -0.25) is 0 Å². The molecule has 5 nitrogen and oxygen atoms in total. The highest BCUT2D eigenvalue weighted by Gasteiger charge is 2.15. The fraction of sp³-hybridized carbons (Fsp3) is 0.600. The third kappa shape index (κ3) is 2.24. The minimum Gasteiger partial charge on any atom is -0.385 e. The molecule has 0 aliphatic carbocycles. The molecule has 1 aliphatic rings. The molecule has 1 saturated heterocycles. The number of aliphatic hydroxyl groups is 1. The number of anilines is 1. The van der Waals surface area contributed by atoms with Gasteiger partial charge in [0.2, 0.25) is 0 Å². The van der Waals surface area contributed by atoms with E-state index >= 15 is 0 Å². The molecule has 0 saturated carbocycles. The monoisotopic (exact) mass is 208 g/mol. The van der Waals surface area contributed by atoms with Crippen LogP contribution in [-0.2, 0) is 0 Å². The summed E-state index contributed by atoms with van der Waals surface area (Å²) in [5.41, 5.74) is 5.99. The standard InChI is InChI=1S/C10H16N4O/c11-6-9(15)8-5-10(13-7-12-8)14-3-1-2-4-14/h5,7,9,15H,1-4,6,11H2. The van der Waals surface area contributed by atoms with Gasteiger partial charge in [-0.25, -0.2) is 9.97 Å². The lowest BCUT2D eigenvalue weighted by Gasteiger charge is -2.17. The van der Waals surface area contributed by atoms with Gasteiger partial charge >= 0.3 is 0 Å². The second-order valence-electron chi connectivity index (χ2n) is 3.75. The molecule has 1 fully saturated rings. The molecule has 1 aromatic rings. The van der Waals surface area contributed by atoms with Crippen LogP contribution in [0, 0.1) is 0 Å². The van der Waals surface area contributed by atoms with Crippen molar-refractivity contribution >= 4 is 5.82 Å². The summed E-state index contributed by atoms with van der Waals surface area (Å²) in [7, 11) is 0. The highest BCUT2D eigenvalue weighted by Crippen LogP contribution is 2.19. The lowest BCUT2D eigenvalue weighted by Crippen LogP contribution is -2.20. The van der Waals surface area contributed by atoms with E-state index in [1.54, 1.807) is 0 Å². The normalized spacial score (nSPS) is 18.1. The van der Waals surface area contributed by atoms with Gasteiger partial charge in [-0.2, -0.15) is 0 Å². The molecular weight excluding hydrogens is 192 g/mol. The third-order valence-corrected chi connectivity index (χ3v) is 2.67. The van der Waals surface area contributed by atoms with Gasteiger partial charge in [0.1, 0.15) is 18.2 Å². The van der Waals surface area contributed by atoms with Crippen molar-refractivity contribution in [2.75, 3.05) is 24.5 Å². The summed E-state index contributed by atoms with van der Waals surface area (Å²) in [6, 6.07) is 1.82. The first-order valence-corrected chi connectivity index (χ1v) is 5.26.